The highest BCUT2D eigenvalue weighted by Gasteiger charge is 2.12. The Morgan fingerprint density at radius 2 is 1.00 bits per heavy atom. The first-order chi connectivity index (χ1) is 17.2. The van der Waals surface area contributed by atoms with Gasteiger partial charge >= 0.3 is 0 Å². The predicted molar refractivity (Wildman–Crippen MR) is 149 cm³/mol. The molecule has 0 saturated heterocycles. The highest BCUT2D eigenvalue weighted by molar-refractivity contribution is 9.10. The van der Waals surface area contributed by atoms with Gasteiger partial charge in [0.25, 0.3) is 0 Å². The number of rotatable bonds is 4. The molecule has 5 aromatic carbocycles. The van der Waals surface area contributed by atoms with Gasteiger partial charge in [-0.25, -0.2) is 9.97 Å². The van der Waals surface area contributed by atoms with E-state index in [-0.39, 0.29) is 0 Å². The molecule has 0 aliphatic carbocycles. The lowest BCUT2D eigenvalue weighted by Crippen LogP contribution is -1.95. The summed E-state index contributed by atoms with van der Waals surface area (Å²) in [6, 6.07) is 44.1. The van der Waals surface area contributed by atoms with E-state index < -0.39 is 0 Å². The molecule has 166 valence electrons. The molecule has 0 amide bonds. The van der Waals surface area contributed by atoms with Gasteiger partial charge in [0.2, 0.25) is 0 Å². The van der Waals surface area contributed by atoms with Crippen LogP contribution < -0.4 is 0 Å². The Labute approximate surface area is 213 Å². The molecular formula is C32H21BrN2. The molecule has 0 fully saturated rings. The second-order valence-electron chi connectivity index (χ2n) is 8.44. The summed E-state index contributed by atoms with van der Waals surface area (Å²) >= 11 is 3.52. The Kier molecular flexibility index (Phi) is 5.69. The Bertz CT molecular complexity index is 1620. The van der Waals surface area contributed by atoms with Crippen LogP contribution in [0, 0.1) is 0 Å². The first kappa shape index (κ1) is 21.5. The summed E-state index contributed by atoms with van der Waals surface area (Å²) in [5.74, 6) is 0.727. The summed E-state index contributed by atoms with van der Waals surface area (Å²) in [5.41, 5.74) is 8.65. The molecular weight excluding hydrogens is 492 g/mol. The van der Waals surface area contributed by atoms with Gasteiger partial charge in [0.05, 0.1) is 11.2 Å². The fourth-order valence-electron chi connectivity index (χ4n) is 4.36. The minimum atomic E-state index is 0.727. The van der Waals surface area contributed by atoms with Crippen LogP contribution >= 0.6 is 15.9 Å². The van der Waals surface area contributed by atoms with E-state index in [1.165, 1.54) is 11.1 Å². The lowest BCUT2D eigenvalue weighted by atomic mass is 10.0. The third-order valence-corrected chi connectivity index (χ3v) is 6.70. The van der Waals surface area contributed by atoms with Crippen molar-refractivity contribution in [1.82, 2.24) is 9.97 Å². The quantitative estimate of drug-likeness (QED) is 0.235. The zero-order valence-electron chi connectivity index (χ0n) is 18.9. The lowest BCUT2D eigenvalue weighted by molar-refractivity contribution is 1.23. The molecule has 0 radical (unpaired) electrons. The first-order valence-corrected chi connectivity index (χ1v) is 12.3. The lowest BCUT2D eigenvalue weighted by Gasteiger charge is -2.11. The van der Waals surface area contributed by atoms with Gasteiger partial charge in [0.15, 0.2) is 5.82 Å². The highest BCUT2D eigenvalue weighted by Crippen LogP contribution is 2.32. The van der Waals surface area contributed by atoms with Gasteiger partial charge in [0, 0.05) is 21.0 Å². The minimum absolute atomic E-state index is 0.727. The largest absolute Gasteiger partial charge is 0.228 e. The van der Waals surface area contributed by atoms with Crippen molar-refractivity contribution in [1.29, 1.82) is 0 Å². The summed E-state index contributed by atoms with van der Waals surface area (Å²) in [6.07, 6.45) is 0. The summed E-state index contributed by atoms with van der Waals surface area (Å²) < 4.78 is 1.07. The molecule has 2 nitrogen and oxygen atoms in total. The molecule has 0 spiro atoms. The third kappa shape index (κ3) is 4.39. The van der Waals surface area contributed by atoms with E-state index >= 15 is 0 Å². The molecule has 0 N–H and O–H groups in total. The molecule has 3 heteroatoms. The van der Waals surface area contributed by atoms with E-state index in [2.05, 4.69) is 125 Å². The van der Waals surface area contributed by atoms with Crippen molar-refractivity contribution in [2.45, 2.75) is 0 Å². The fraction of sp³-hybridized carbons (Fsp3) is 0. The maximum atomic E-state index is 5.07. The van der Waals surface area contributed by atoms with E-state index in [1.807, 2.05) is 18.2 Å². The Balaban J connectivity index is 1.45. The Morgan fingerprint density at radius 1 is 0.429 bits per heavy atom. The summed E-state index contributed by atoms with van der Waals surface area (Å²) in [6.45, 7) is 0. The van der Waals surface area contributed by atoms with Gasteiger partial charge < -0.3 is 0 Å². The number of hydrogen-bond donors (Lipinski definition) is 0. The van der Waals surface area contributed by atoms with E-state index in [1.54, 1.807) is 0 Å². The maximum absolute atomic E-state index is 5.07. The zero-order valence-corrected chi connectivity index (χ0v) is 20.5. The van der Waals surface area contributed by atoms with Crippen molar-refractivity contribution in [3.63, 3.8) is 0 Å². The van der Waals surface area contributed by atoms with Crippen LogP contribution in [0.1, 0.15) is 0 Å². The van der Waals surface area contributed by atoms with E-state index in [0.717, 1.165) is 49.1 Å². The number of halogens is 1. The molecule has 0 aliphatic rings. The van der Waals surface area contributed by atoms with Crippen LogP contribution in [0.2, 0.25) is 0 Å². The Morgan fingerprint density at radius 3 is 1.80 bits per heavy atom. The molecule has 0 atom stereocenters. The number of nitrogens with zero attached hydrogens (tertiary/aromatic N) is 2. The first-order valence-electron chi connectivity index (χ1n) is 11.5. The Hall–Kier alpha value is -4.08. The monoisotopic (exact) mass is 512 g/mol. The van der Waals surface area contributed by atoms with Crippen molar-refractivity contribution in [2.24, 2.45) is 0 Å². The predicted octanol–water partition coefficient (Wildman–Crippen LogP) is 9.06. The van der Waals surface area contributed by atoms with Crippen LogP contribution in [-0.4, -0.2) is 9.97 Å². The summed E-state index contributed by atoms with van der Waals surface area (Å²) in [5, 5.41) is 1.05. The van der Waals surface area contributed by atoms with Crippen LogP contribution in [0.5, 0.6) is 0 Å². The highest BCUT2D eigenvalue weighted by atomic mass is 79.9. The third-order valence-electron chi connectivity index (χ3n) is 6.17. The van der Waals surface area contributed by atoms with Crippen LogP contribution in [0.15, 0.2) is 132 Å². The van der Waals surface area contributed by atoms with Crippen LogP contribution in [-0.2, 0) is 0 Å². The fourth-order valence-corrected chi connectivity index (χ4v) is 4.62. The summed E-state index contributed by atoms with van der Waals surface area (Å²) in [7, 11) is 0. The molecule has 0 bridgehead atoms. The average molecular weight is 513 g/mol. The van der Waals surface area contributed by atoms with Gasteiger partial charge in [-0.3, -0.25) is 0 Å². The normalized spacial score (nSPS) is 11.0. The smallest absolute Gasteiger partial charge is 0.160 e. The standard InChI is InChI=1S/C32H21BrN2/c33-28-19-17-24(18-20-28)26-9-6-10-27(21-26)32-34-30-12-5-4-11-29(30)31(35-32)25-15-13-23(14-16-25)22-7-2-1-3-8-22/h1-21H. The number of hydrogen-bond acceptors (Lipinski definition) is 2. The number of aromatic nitrogens is 2. The SMILES string of the molecule is Brc1ccc(-c2cccc(-c3nc(-c4ccc(-c5ccccc5)cc4)c4ccccc4n3)c2)cc1. The average Bonchev–Trinajstić information content (AvgIpc) is 2.93. The number of benzene rings is 5. The minimum Gasteiger partial charge on any atom is -0.228 e. The molecule has 0 aliphatic heterocycles. The zero-order chi connectivity index (χ0) is 23.6. The maximum Gasteiger partial charge on any atom is 0.160 e. The molecule has 0 saturated carbocycles. The van der Waals surface area contributed by atoms with Gasteiger partial charge in [-0.15, -0.1) is 0 Å². The van der Waals surface area contributed by atoms with Gasteiger partial charge in [-0.2, -0.15) is 0 Å². The van der Waals surface area contributed by atoms with Crippen molar-refractivity contribution < 1.29 is 0 Å². The van der Waals surface area contributed by atoms with Crippen molar-refractivity contribution in [2.75, 3.05) is 0 Å². The van der Waals surface area contributed by atoms with E-state index in [0.29, 0.717) is 0 Å². The molecule has 0 unspecified atom stereocenters. The molecule has 6 rings (SSSR count). The van der Waals surface area contributed by atoms with Crippen LogP contribution in [0.25, 0.3) is 55.8 Å². The number of para-hydroxylation sites is 1. The molecule has 1 aromatic heterocycles. The summed E-state index contributed by atoms with van der Waals surface area (Å²) in [4.78, 5) is 10.0. The number of fused-ring (bicyclic) bond motifs is 1. The van der Waals surface area contributed by atoms with Gasteiger partial charge in [-0.05, 0) is 46.5 Å². The van der Waals surface area contributed by atoms with Crippen molar-refractivity contribution in [3.05, 3.63) is 132 Å². The van der Waals surface area contributed by atoms with Gasteiger partial charge in [0.1, 0.15) is 0 Å². The second-order valence-corrected chi connectivity index (χ2v) is 9.36. The van der Waals surface area contributed by atoms with Crippen molar-refractivity contribution in [3.8, 4) is 44.9 Å². The van der Waals surface area contributed by atoms with Gasteiger partial charge in [-0.1, -0.05) is 119 Å². The van der Waals surface area contributed by atoms with Crippen LogP contribution in [0.4, 0.5) is 0 Å². The molecule has 35 heavy (non-hydrogen) atoms. The second kappa shape index (κ2) is 9.28. The van der Waals surface area contributed by atoms with Crippen LogP contribution in [0.3, 0.4) is 0 Å². The molecule has 1 heterocycles. The molecule has 6 aromatic rings. The van der Waals surface area contributed by atoms with Crippen molar-refractivity contribution >= 4 is 26.8 Å². The van der Waals surface area contributed by atoms with E-state index in [4.69, 9.17) is 9.97 Å². The van der Waals surface area contributed by atoms with E-state index in [9.17, 15) is 0 Å². The topological polar surface area (TPSA) is 25.8 Å².